The molecule has 0 atom stereocenters. The molecule has 184 valence electrons. The number of hydrogen-bond donors (Lipinski definition) is 1. The van der Waals surface area contributed by atoms with Crippen molar-refractivity contribution in [2.75, 3.05) is 32.7 Å². The van der Waals surface area contributed by atoms with E-state index in [1.54, 1.807) is 34.1 Å². The summed E-state index contributed by atoms with van der Waals surface area (Å²) in [5, 5.41) is 3.46. The summed E-state index contributed by atoms with van der Waals surface area (Å²) in [4.78, 5) is 55.8. The Hall–Kier alpha value is -2.61. The fourth-order valence-electron chi connectivity index (χ4n) is 5.30. The van der Waals surface area contributed by atoms with Gasteiger partial charge in [0.2, 0.25) is 5.91 Å². The van der Waals surface area contributed by atoms with Gasteiger partial charge in [0.1, 0.15) is 12.1 Å². The molecule has 1 aromatic carbocycles. The Bertz CT molecular complexity index is 972. The fourth-order valence-corrected chi connectivity index (χ4v) is 5.43. The van der Waals surface area contributed by atoms with Crippen LogP contribution in [0.3, 0.4) is 0 Å². The van der Waals surface area contributed by atoms with Gasteiger partial charge in [-0.2, -0.15) is 0 Å². The molecule has 1 aromatic rings. The van der Waals surface area contributed by atoms with Gasteiger partial charge >= 0.3 is 6.03 Å². The number of amides is 5. The van der Waals surface area contributed by atoms with Crippen LogP contribution in [0.1, 0.15) is 56.8 Å². The van der Waals surface area contributed by atoms with E-state index in [9.17, 15) is 19.2 Å². The molecular weight excluding hydrogens is 456 g/mol. The average molecular weight is 489 g/mol. The first kappa shape index (κ1) is 24.5. The molecule has 0 aromatic heterocycles. The lowest BCUT2D eigenvalue weighted by Gasteiger charge is -2.40. The SMILES string of the molecule is CC(C)(C)C1CCC2(CC1)NC(=O)N(CC(=O)N1CCN(C(=O)c3ccc(Cl)cc3)CC1)C2=O. The van der Waals surface area contributed by atoms with Gasteiger partial charge in [0.25, 0.3) is 11.8 Å². The molecule has 34 heavy (non-hydrogen) atoms. The largest absolute Gasteiger partial charge is 0.338 e. The van der Waals surface area contributed by atoms with Crippen LogP contribution in [0.4, 0.5) is 4.79 Å². The molecule has 0 unspecified atom stereocenters. The monoisotopic (exact) mass is 488 g/mol. The molecule has 1 spiro atoms. The number of halogens is 1. The molecule has 2 saturated heterocycles. The van der Waals surface area contributed by atoms with Crippen molar-refractivity contribution in [3.05, 3.63) is 34.9 Å². The summed E-state index contributed by atoms with van der Waals surface area (Å²) in [5.41, 5.74) is -0.155. The maximum absolute atomic E-state index is 13.2. The third-order valence-corrected chi connectivity index (χ3v) is 7.87. The summed E-state index contributed by atoms with van der Waals surface area (Å²) in [5.74, 6) is -0.159. The summed E-state index contributed by atoms with van der Waals surface area (Å²) >= 11 is 5.89. The topological polar surface area (TPSA) is 90.0 Å². The molecule has 5 amide bonds. The molecule has 4 rings (SSSR count). The molecule has 3 aliphatic rings. The summed E-state index contributed by atoms with van der Waals surface area (Å²) in [6.07, 6.45) is 2.97. The van der Waals surface area contributed by atoms with Crippen molar-refractivity contribution >= 4 is 35.4 Å². The maximum atomic E-state index is 13.2. The van der Waals surface area contributed by atoms with E-state index in [4.69, 9.17) is 11.6 Å². The highest BCUT2D eigenvalue weighted by atomic mass is 35.5. The van der Waals surface area contributed by atoms with Crippen molar-refractivity contribution in [1.82, 2.24) is 20.0 Å². The third-order valence-electron chi connectivity index (χ3n) is 7.61. The van der Waals surface area contributed by atoms with Crippen LogP contribution in [0.2, 0.25) is 5.02 Å². The van der Waals surface area contributed by atoms with E-state index in [-0.39, 0.29) is 29.7 Å². The molecule has 2 aliphatic heterocycles. The molecule has 8 nitrogen and oxygen atoms in total. The van der Waals surface area contributed by atoms with Crippen molar-refractivity contribution in [2.45, 2.75) is 52.0 Å². The summed E-state index contributed by atoms with van der Waals surface area (Å²) in [6.45, 7) is 7.87. The summed E-state index contributed by atoms with van der Waals surface area (Å²) < 4.78 is 0. The highest BCUT2D eigenvalue weighted by molar-refractivity contribution is 6.30. The van der Waals surface area contributed by atoms with Gasteiger partial charge in [0.15, 0.2) is 0 Å². The van der Waals surface area contributed by atoms with Gasteiger partial charge in [-0.25, -0.2) is 4.79 Å². The average Bonchev–Trinajstić information content (AvgIpc) is 3.02. The smallest absolute Gasteiger partial charge is 0.325 e. The third kappa shape index (κ3) is 4.78. The number of urea groups is 1. The predicted octanol–water partition coefficient (Wildman–Crippen LogP) is 3.15. The minimum Gasteiger partial charge on any atom is -0.338 e. The van der Waals surface area contributed by atoms with Crippen LogP contribution in [-0.2, 0) is 9.59 Å². The molecule has 1 aliphatic carbocycles. The van der Waals surface area contributed by atoms with Gasteiger partial charge in [0.05, 0.1) is 0 Å². The van der Waals surface area contributed by atoms with E-state index >= 15 is 0 Å². The Labute approximate surface area is 205 Å². The molecule has 1 N–H and O–H groups in total. The molecule has 0 radical (unpaired) electrons. The standard InChI is InChI=1S/C25H33ClN4O4/c1-24(2,3)18-8-10-25(11-9-18)22(33)30(23(34)27-25)16-20(31)28-12-14-29(15-13-28)21(32)17-4-6-19(26)7-5-17/h4-7,18H,8-16H2,1-3H3,(H,27,34). The molecule has 0 bridgehead atoms. The zero-order valence-electron chi connectivity index (χ0n) is 20.1. The van der Waals surface area contributed by atoms with Crippen LogP contribution in [-0.4, -0.2) is 76.7 Å². The van der Waals surface area contributed by atoms with E-state index in [2.05, 4.69) is 26.1 Å². The first-order valence-corrected chi connectivity index (χ1v) is 12.3. The highest BCUT2D eigenvalue weighted by Crippen LogP contribution is 2.43. The van der Waals surface area contributed by atoms with Crippen LogP contribution < -0.4 is 5.32 Å². The first-order chi connectivity index (χ1) is 16.0. The van der Waals surface area contributed by atoms with E-state index in [1.807, 2.05) is 0 Å². The van der Waals surface area contributed by atoms with Gasteiger partial charge < -0.3 is 15.1 Å². The lowest BCUT2D eigenvalue weighted by atomic mass is 9.67. The maximum Gasteiger partial charge on any atom is 0.325 e. The zero-order valence-corrected chi connectivity index (χ0v) is 20.9. The Balaban J connectivity index is 1.31. The predicted molar refractivity (Wildman–Crippen MR) is 128 cm³/mol. The molecular formula is C25H33ClN4O4. The number of nitrogens with zero attached hydrogens (tertiary/aromatic N) is 3. The molecule has 1 saturated carbocycles. The minimum atomic E-state index is -0.872. The van der Waals surface area contributed by atoms with Crippen LogP contribution in [0.25, 0.3) is 0 Å². The Morgan fingerprint density at radius 2 is 1.56 bits per heavy atom. The number of imide groups is 1. The Morgan fingerprint density at radius 3 is 2.12 bits per heavy atom. The Morgan fingerprint density at radius 1 is 1.00 bits per heavy atom. The fraction of sp³-hybridized carbons (Fsp3) is 0.600. The van der Waals surface area contributed by atoms with Gasteiger partial charge in [-0.05, 0) is 61.3 Å². The number of carbonyl (C=O) groups excluding carboxylic acids is 4. The number of hydrogen-bond acceptors (Lipinski definition) is 4. The lowest BCUT2D eigenvalue weighted by molar-refractivity contribution is -0.140. The van der Waals surface area contributed by atoms with Gasteiger partial charge in [0, 0.05) is 36.8 Å². The second-order valence-corrected chi connectivity index (χ2v) is 11.2. The van der Waals surface area contributed by atoms with Crippen LogP contribution >= 0.6 is 11.6 Å². The number of benzene rings is 1. The van der Waals surface area contributed by atoms with E-state index in [1.165, 1.54) is 0 Å². The van der Waals surface area contributed by atoms with Crippen molar-refractivity contribution in [3.8, 4) is 0 Å². The van der Waals surface area contributed by atoms with Gasteiger partial charge in [-0.3, -0.25) is 19.3 Å². The zero-order chi connectivity index (χ0) is 24.7. The molecule has 9 heteroatoms. The number of carbonyl (C=O) groups is 4. The number of piperazine rings is 1. The van der Waals surface area contributed by atoms with Gasteiger partial charge in [-0.15, -0.1) is 0 Å². The van der Waals surface area contributed by atoms with E-state index < -0.39 is 11.6 Å². The second-order valence-electron chi connectivity index (χ2n) is 10.7. The van der Waals surface area contributed by atoms with Gasteiger partial charge in [-0.1, -0.05) is 32.4 Å². The summed E-state index contributed by atoms with van der Waals surface area (Å²) in [6, 6.07) is 6.24. The Kier molecular flexibility index (Phi) is 6.64. The van der Waals surface area contributed by atoms with Crippen molar-refractivity contribution < 1.29 is 19.2 Å². The van der Waals surface area contributed by atoms with E-state index in [0.717, 1.165) is 17.7 Å². The van der Waals surface area contributed by atoms with Crippen LogP contribution in [0.15, 0.2) is 24.3 Å². The number of nitrogens with one attached hydrogen (secondary N) is 1. The highest BCUT2D eigenvalue weighted by Gasteiger charge is 2.53. The minimum absolute atomic E-state index is 0.106. The van der Waals surface area contributed by atoms with Crippen LogP contribution in [0.5, 0.6) is 0 Å². The normalized spacial score (nSPS) is 25.6. The first-order valence-electron chi connectivity index (χ1n) is 12.0. The lowest BCUT2D eigenvalue weighted by Crippen LogP contribution is -2.54. The second kappa shape index (κ2) is 9.21. The van der Waals surface area contributed by atoms with Crippen molar-refractivity contribution in [2.24, 2.45) is 11.3 Å². The van der Waals surface area contributed by atoms with Crippen molar-refractivity contribution in [3.63, 3.8) is 0 Å². The quantitative estimate of drug-likeness (QED) is 0.662. The van der Waals surface area contributed by atoms with Crippen LogP contribution in [0, 0.1) is 11.3 Å². The molecule has 3 fully saturated rings. The summed E-state index contributed by atoms with van der Waals surface area (Å²) in [7, 11) is 0. The molecule has 2 heterocycles. The van der Waals surface area contributed by atoms with Crippen molar-refractivity contribution in [1.29, 1.82) is 0 Å². The van der Waals surface area contributed by atoms with E-state index in [0.29, 0.717) is 55.5 Å². The number of rotatable bonds is 3.